The van der Waals surface area contributed by atoms with E-state index in [9.17, 15) is 14.4 Å². The van der Waals surface area contributed by atoms with Crippen molar-refractivity contribution >= 4 is 17.8 Å². The summed E-state index contributed by atoms with van der Waals surface area (Å²) in [4.78, 5) is 34.4. The second-order valence-corrected chi connectivity index (χ2v) is 6.25. The van der Waals surface area contributed by atoms with Gasteiger partial charge < -0.3 is 29.0 Å². The Hall–Kier alpha value is -1.71. The lowest BCUT2D eigenvalue weighted by molar-refractivity contribution is -0.365. The molecule has 24 heavy (non-hydrogen) atoms. The van der Waals surface area contributed by atoms with E-state index >= 15 is 0 Å². The lowest BCUT2D eigenvalue weighted by Gasteiger charge is -2.50. The molecule has 0 aromatic carbocycles. The Bertz CT molecular complexity index is 520. The zero-order valence-electron chi connectivity index (χ0n) is 14.4. The summed E-state index contributed by atoms with van der Waals surface area (Å²) in [5.41, 5.74) is 0. The number of hydrogen-bond donors (Lipinski definition) is 1. The third-order valence-electron chi connectivity index (χ3n) is 3.62. The summed E-state index contributed by atoms with van der Waals surface area (Å²) >= 11 is 0. The van der Waals surface area contributed by atoms with E-state index in [0.29, 0.717) is 0 Å². The van der Waals surface area contributed by atoms with Crippen molar-refractivity contribution in [3.8, 4) is 0 Å². The average molecular weight is 345 g/mol. The zero-order valence-corrected chi connectivity index (χ0v) is 14.4. The average Bonchev–Trinajstić information content (AvgIpc) is 2.41. The van der Waals surface area contributed by atoms with E-state index in [1.54, 1.807) is 13.8 Å². The van der Waals surface area contributed by atoms with Crippen LogP contribution in [0, 0.1) is 0 Å². The van der Waals surface area contributed by atoms with Crippen LogP contribution >= 0.6 is 0 Å². The molecule has 1 N–H and O–H groups in total. The quantitative estimate of drug-likeness (QED) is 0.704. The molecule has 0 aromatic rings. The van der Waals surface area contributed by atoms with Gasteiger partial charge in [-0.2, -0.15) is 0 Å². The molecule has 5 atom stereocenters. The molecular weight excluding hydrogens is 322 g/mol. The monoisotopic (exact) mass is 345 g/mol. The fourth-order valence-electron chi connectivity index (χ4n) is 2.81. The third kappa shape index (κ3) is 4.43. The Labute approximate surface area is 139 Å². The molecule has 2 aliphatic heterocycles. The summed E-state index contributed by atoms with van der Waals surface area (Å²) in [6.45, 7) is 7.38. The molecule has 2 heterocycles. The number of esters is 2. The van der Waals surface area contributed by atoms with Gasteiger partial charge in [-0.15, -0.1) is 0 Å². The summed E-state index contributed by atoms with van der Waals surface area (Å²) in [6, 6.07) is -0.898. The predicted molar refractivity (Wildman–Crippen MR) is 78.5 cm³/mol. The van der Waals surface area contributed by atoms with Gasteiger partial charge in [-0.3, -0.25) is 14.4 Å². The van der Waals surface area contributed by atoms with Crippen LogP contribution < -0.4 is 5.32 Å². The number of hydrogen-bond acceptors (Lipinski definition) is 8. The van der Waals surface area contributed by atoms with Gasteiger partial charge in [0.05, 0.1) is 6.61 Å². The highest BCUT2D eigenvalue weighted by molar-refractivity contribution is 5.73. The summed E-state index contributed by atoms with van der Waals surface area (Å²) in [6.07, 6.45) is -3.30. The largest absolute Gasteiger partial charge is 0.457 e. The van der Waals surface area contributed by atoms with Crippen LogP contribution in [0.1, 0.15) is 34.6 Å². The molecule has 136 valence electrons. The summed E-state index contributed by atoms with van der Waals surface area (Å²) in [5.74, 6) is -2.43. The van der Waals surface area contributed by atoms with Crippen molar-refractivity contribution in [2.75, 3.05) is 6.61 Å². The normalized spacial score (nSPS) is 34.6. The van der Waals surface area contributed by atoms with Crippen LogP contribution in [0.4, 0.5) is 0 Å². The molecular formula is C15H23NO8. The first-order valence-corrected chi connectivity index (χ1v) is 7.68. The smallest absolute Gasteiger partial charge is 0.305 e. The Kier molecular flexibility index (Phi) is 5.46. The van der Waals surface area contributed by atoms with Crippen molar-refractivity contribution in [2.24, 2.45) is 0 Å². The number of carbonyl (C=O) groups excluding carboxylic acids is 3. The Balaban J connectivity index is 2.33. The van der Waals surface area contributed by atoms with Crippen molar-refractivity contribution in [1.82, 2.24) is 5.32 Å². The zero-order chi connectivity index (χ0) is 18.1. The minimum atomic E-state index is -1.12. The second-order valence-electron chi connectivity index (χ2n) is 6.25. The Morgan fingerprint density at radius 2 is 1.71 bits per heavy atom. The molecule has 0 unspecified atom stereocenters. The van der Waals surface area contributed by atoms with Gasteiger partial charge in [0.1, 0.15) is 18.2 Å². The number of carbonyl (C=O) groups is 3. The molecule has 0 radical (unpaired) electrons. The molecule has 0 bridgehead atoms. The van der Waals surface area contributed by atoms with E-state index in [0.717, 1.165) is 0 Å². The molecule has 9 nitrogen and oxygen atoms in total. The maximum Gasteiger partial charge on any atom is 0.305 e. The standard InChI is InChI=1S/C15H23NO8/c1-7(17)16-11-13(21-8(2)18)12-10(6-20-15(4,5)24-12)23-14(11)22-9(3)19/h10-14H,6H2,1-5H3,(H,16,17)/t10-,11-,12-,13-,14+/m1/s1. The van der Waals surface area contributed by atoms with Crippen molar-refractivity contribution in [1.29, 1.82) is 0 Å². The van der Waals surface area contributed by atoms with E-state index in [-0.39, 0.29) is 12.5 Å². The molecule has 1 amide bonds. The molecule has 2 rings (SSSR count). The lowest BCUT2D eigenvalue weighted by Crippen LogP contribution is -2.69. The van der Waals surface area contributed by atoms with Gasteiger partial charge in [-0.25, -0.2) is 0 Å². The van der Waals surface area contributed by atoms with Crippen LogP contribution in [-0.2, 0) is 38.1 Å². The summed E-state index contributed by atoms with van der Waals surface area (Å²) in [5, 5.41) is 2.61. The van der Waals surface area contributed by atoms with Gasteiger partial charge >= 0.3 is 11.9 Å². The van der Waals surface area contributed by atoms with Crippen LogP contribution in [0.25, 0.3) is 0 Å². The first kappa shape index (κ1) is 18.6. The predicted octanol–water partition coefficient (Wildman–Crippen LogP) is -0.138. The van der Waals surface area contributed by atoms with Gasteiger partial charge in [-0.05, 0) is 13.8 Å². The van der Waals surface area contributed by atoms with Crippen molar-refractivity contribution in [3.05, 3.63) is 0 Å². The fraction of sp³-hybridized carbons (Fsp3) is 0.800. The first-order chi connectivity index (χ1) is 11.1. The van der Waals surface area contributed by atoms with E-state index in [2.05, 4.69) is 5.32 Å². The van der Waals surface area contributed by atoms with E-state index in [4.69, 9.17) is 23.7 Å². The van der Waals surface area contributed by atoms with Gasteiger partial charge in [0.15, 0.2) is 11.9 Å². The van der Waals surface area contributed by atoms with Crippen LogP contribution in [0.5, 0.6) is 0 Å². The summed E-state index contributed by atoms with van der Waals surface area (Å²) in [7, 11) is 0. The molecule has 2 saturated heterocycles. The molecule has 0 spiro atoms. The van der Waals surface area contributed by atoms with Gasteiger partial charge in [0.2, 0.25) is 12.2 Å². The van der Waals surface area contributed by atoms with Crippen LogP contribution in [0.15, 0.2) is 0 Å². The second kappa shape index (κ2) is 7.04. The number of rotatable bonds is 3. The molecule has 2 fully saturated rings. The minimum Gasteiger partial charge on any atom is -0.457 e. The minimum absolute atomic E-state index is 0.167. The van der Waals surface area contributed by atoms with Gasteiger partial charge in [-0.1, -0.05) is 0 Å². The number of amides is 1. The van der Waals surface area contributed by atoms with Crippen molar-refractivity contribution in [2.45, 2.75) is 71.0 Å². The van der Waals surface area contributed by atoms with Crippen LogP contribution in [0.3, 0.4) is 0 Å². The van der Waals surface area contributed by atoms with E-state index < -0.39 is 48.4 Å². The third-order valence-corrected chi connectivity index (χ3v) is 3.62. The highest BCUT2D eigenvalue weighted by atomic mass is 16.8. The maximum absolute atomic E-state index is 11.5. The maximum atomic E-state index is 11.5. The van der Waals surface area contributed by atoms with Crippen molar-refractivity contribution in [3.63, 3.8) is 0 Å². The SMILES string of the molecule is CC(=O)N[C@H]1[C@@H](OC(C)=O)O[C@@H]2COC(C)(C)O[C@H]2[C@@H]1OC(C)=O. The molecule has 2 aliphatic rings. The topological polar surface area (TPSA) is 109 Å². The lowest BCUT2D eigenvalue weighted by atomic mass is 9.95. The molecule has 0 aromatic heterocycles. The summed E-state index contributed by atoms with van der Waals surface area (Å²) < 4.78 is 27.6. The van der Waals surface area contributed by atoms with Gasteiger partial charge in [0, 0.05) is 20.8 Å². The van der Waals surface area contributed by atoms with Crippen LogP contribution in [-0.4, -0.2) is 60.9 Å². The Morgan fingerprint density at radius 3 is 2.25 bits per heavy atom. The number of fused-ring (bicyclic) bond motifs is 1. The number of ether oxygens (including phenoxy) is 5. The molecule has 0 saturated carbocycles. The number of nitrogens with one attached hydrogen (secondary N) is 1. The van der Waals surface area contributed by atoms with Crippen LogP contribution in [0.2, 0.25) is 0 Å². The fourth-order valence-corrected chi connectivity index (χ4v) is 2.81. The van der Waals surface area contributed by atoms with Gasteiger partial charge in [0.25, 0.3) is 0 Å². The van der Waals surface area contributed by atoms with E-state index in [1.807, 2.05) is 0 Å². The first-order valence-electron chi connectivity index (χ1n) is 7.68. The van der Waals surface area contributed by atoms with E-state index in [1.165, 1.54) is 20.8 Å². The highest BCUT2D eigenvalue weighted by Gasteiger charge is 2.54. The molecule has 0 aliphatic carbocycles. The Morgan fingerprint density at radius 1 is 1.08 bits per heavy atom. The highest BCUT2D eigenvalue weighted by Crippen LogP contribution is 2.34. The van der Waals surface area contributed by atoms with Crippen molar-refractivity contribution < 1.29 is 38.1 Å². The molecule has 9 heteroatoms.